The SMILES string of the molecule is CNCC1CCCN1c1nccc2ccc(O)cc12. The lowest BCUT2D eigenvalue weighted by Crippen LogP contribution is -2.37. The lowest BCUT2D eigenvalue weighted by Gasteiger charge is -2.26. The molecule has 0 spiro atoms. The molecule has 0 saturated carbocycles. The number of fused-ring (bicyclic) bond motifs is 1. The quantitative estimate of drug-likeness (QED) is 0.884. The summed E-state index contributed by atoms with van der Waals surface area (Å²) in [4.78, 5) is 6.91. The van der Waals surface area contributed by atoms with E-state index in [0.717, 1.165) is 29.7 Å². The Balaban J connectivity index is 2.06. The molecule has 1 aliphatic heterocycles. The summed E-state index contributed by atoms with van der Waals surface area (Å²) < 4.78 is 0. The van der Waals surface area contributed by atoms with Crippen molar-refractivity contribution < 1.29 is 5.11 Å². The van der Waals surface area contributed by atoms with Gasteiger partial charge in [0.1, 0.15) is 11.6 Å². The van der Waals surface area contributed by atoms with Gasteiger partial charge in [-0.15, -0.1) is 0 Å². The molecule has 1 aliphatic rings. The van der Waals surface area contributed by atoms with Crippen LogP contribution in [0.15, 0.2) is 30.5 Å². The minimum Gasteiger partial charge on any atom is -0.508 e. The van der Waals surface area contributed by atoms with Crippen molar-refractivity contribution in [2.75, 3.05) is 25.0 Å². The molecular weight excluding hydrogens is 238 g/mol. The van der Waals surface area contributed by atoms with Gasteiger partial charge in [0.15, 0.2) is 0 Å². The normalized spacial score (nSPS) is 19.2. The number of pyridine rings is 1. The molecule has 100 valence electrons. The van der Waals surface area contributed by atoms with Crippen molar-refractivity contribution in [3.05, 3.63) is 30.5 Å². The molecule has 1 atom stereocenters. The minimum atomic E-state index is 0.297. The second-order valence-electron chi connectivity index (χ2n) is 5.09. The number of aromatic nitrogens is 1. The predicted octanol–water partition coefficient (Wildman–Crippen LogP) is 2.13. The molecule has 0 aliphatic carbocycles. The van der Waals surface area contributed by atoms with Gasteiger partial charge in [0.05, 0.1) is 0 Å². The summed E-state index contributed by atoms with van der Waals surface area (Å²) in [6.07, 6.45) is 4.24. The van der Waals surface area contributed by atoms with Crippen LogP contribution in [0.3, 0.4) is 0 Å². The number of aromatic hydroxyl groups is 1. The highest BCUT2D eigenvalue weighted by Gasteiger charge is 2.26. The molecular formula is C15H19N3O. The second kappa shape index (κ2) is 5.05. The Morgan fingerprint density at radius 2 is 2.32 bits per heavy atom. The van der Waals surface area contributed by atoms with E-state index in [2.05, 4.69) is 15.2 Å². The van der Waals surface area contributed by atoms with Gasteiger partial charge in [-0.25, -0.2) is 4.98 Å². The van der Waals surface area contributed by atoms with Crippen molar-refractivity contribution in [2.24, 2.45) is 0 Å². The topological polar surface area (TPSA) is 48.4 Å². The lowest BCUT2D eigenvalue weighted by molar-refractivity contribution is 0.476. The molecule has 2 N–H and O–H groups in total. The Hall–Kier alpha value is -1.81. The van der Waals surface area contributed by atoms with Gasteiger partial charge in [-0.1, -0.05) is 6.07 Å². The summed E-state index contributed by atoms with van der Waals surface area (Å²) in [5.74, 6) is 1.29. The largest absolute Gasteiger partial charge is 0.508 e. The van der Waals surface area contributed by atoms with E-state index in [1.807, 2.05) is 31.4 Å². The van der Waals surface area contributed by atoms with Gasteiger partial charge in [0, 0.05) is 30.7 Å². The van der Waals surface area contributed by atoms with E-state index in [-0.39, 0.29) is 0 Å². The van der Waals surface area contributed by atoms with Crippen LogP contribution in [0.2, 0.25) is 0 Å². The number of likely N-dealkylation sites (N-methyl/N-ethyl adjacent to an activating group) is 1. The van der Waals surface area contributed by atoms with Crippen LogP contribution in [0.5, 0.6) is 5.75 Å². The fourth-order valence-corrected chi connectivity index (χ4v) is 2.93. The average molecular weight is 257 g/mol. The van der Waals surface area contributed by atoms with Crippen LogP contribution in [0.1, 0.15) is 12.8 Å². The Labute approximate surface area is 113 Å². The van der Waals surface area contributed by atoms with E-state index in [9.17, 15) is 5.11 Å². The van der Waals surface area contributed by atoms with Crippen molar-refractivity contribution >= 4 is 16.6 Å². The molecule has 2 aromatic rings. The zero-order valence-corrected chi connectivity index (χ0v) is 11.1. The van der Waals surface area contributed by atoms with E-state index >= 15 is 0 Å². The number of anilines is 1. The maximum atomic E-state index is 9.71. The van der Waals surface area contributed by atoms with Crippen LogP contribution >= 0.6 is 0 Å². The Morgan fingerprint density at radius 3 is 3.16 bits per heavy atom. The molecule has 2 heterocycles. The lowest BCUT2D eigenvalue weighted by atomic mass is 10.1. The number of benzene rings is 1. The second-order valence-corrected chi connectivity index (χ2v) is 5.09. The molecule has 3 rings (SSSR count). The van der Waals surface area contributed by atoms with E-state index < -0.39 is 0 Å². The van der Waals surface area contributed by atoms with Crippen LogP contribution in [-0.4, -0.2) is 36.3 Å². The van der Waals surface area contributed by atoms with Gasteiger partial charge >= 0.3 is 0 Å². The highest BCUT2D eigenvalue weighted by molar-refractivity contribution is 5.93. The molecule has 0 bridgehead atoms. The zero-order chi connectivity index (χ0) is 13.2. The third kappa shape index (κ3) is 2.24. The Kier molecular flexibility index (Phi) is 3.25. The minimum absolute atomic E-state index is 0.297. The summed E-state index contributed by atoms with van der Waals surface area (Å²) >= 11 is 0. The Morgan fingerprint density at radius 1 is 1.42 bits per heavy atom. The number of nitrogens with zero attached hydrogens (tertiary/aromatic N) is 2. The fourth-order valence-electron chi connectivity index (χ4n) is 2.93. The third-order valence-electron chi connectivity index (χ3n) is 3.82. The summed E-state index contributed by atoms with van der Waals surface area (Å²) in [7, 11) is 1.98. The number of hydrogen-bond acceptors (Lipinski definition) is 4. The number of phenols is 1. The molecule has 1 aromatic carbocycles. The van der Waals surface area contributed by atoms with Gasteiger partial charge < -0.3 is 15.3 Å². The molecule has 4 nitrogen and oxygen atoms in total. The first-order valence-corrected chi connectivity index (χ1v) is 6.78. The van der Waals surface area contributed by atoms with Crippen molar-refractivity contribution in [1.82, 2.24) is 10.3 Å². The first-order chi connectivity index (χ1) is 9.29. The predicted molar refractivity (Wildman–Crippen MR) is 77.7 cm³/mol. The summed E-state index contributed by atoms with van der Waals surface area (Å²) in [6, 6.07) is 7.96. The molecule has 1 unspecified atom stereocenters. The highest BCUT2D eigenvalue weighted by Crippen LogP contribution is 2.31. The molecule has 4 heteroatoms. The van der Waals surface area contributed by atoms with Gasteiger partial charge in [0.25, 0.3) is 0 Å². The molecule has 1 fully saturated rings. The number of phenolic OH excluding ortho intramolecular Hbond substituents is 1. The summed E-state index contributed by atoms with van der Waals surface area (Å²) in [5, 5.41) is 15.1. The standard InChI is InChI=1S/C15H19N3O/c1-16-10-12-3-2-8-18(12)15-14-9-13(19)5-4-11(14)6-7-17-15/h4-7,9,12,16,19H,2-3,8,10H2,1H3. The van der Waals surface area contributed by atoms with Crippen LogP contribution in [0, 0.1) is 0 Å². The van der Waals surface area contributed by atoms with Crippen molar-refractivity contribution in [2.45, 2.75) is 18.9 Å². The van der Waals surface area contributed by atoms with Gasteiger partial charge in [-0.05, 0) is 43.5 Å². The van der Waals surface area contributed by atoms with Crippen LogP contribution < -0.4 is 10.2 Å². The molecule has 0 amide bonds. The highest BCUT2D eigenvalue weighted by atomic mass is 16.3. The van der Waals surface area contributed by atoms with Crippen LogP contribution in [0.25, 0.3) is 10.8 Å². The maximum absolute atomic E-state index is 9.71. The molecule has 1 saturated heterocycles. The van der Waals surface area contributed by atoms with E-state index in [1.54, 1.807) is 6.07 Å². The van der Waals surface area contributed by atoms with E-state index in [4.69, 9.17) is 0 Å². The zero-order valence-electron chi connectivity index (χ0n) is 11.1. The van der Waals surface area contributed by atoms with Crippen molar-refractivity contribution in [3.8, 4) is 5.75 Å². The maximum Gasteiger partial charge on any atom is 0.136 e. The smallest absolute Gasteiger partial charge is 0.136 e. The average Bonchev–Trinajstić information content (AvgIpc) is 2.86. The third-order valence-corrected chi connectivity index (χ3v) is 3.82. The number of hydrogen-bond donors (Lipinski definition) is 2. The van der Waals surface area contributed by atoms with Gasteiger partial charge in [-0.3, -0.25) is 0 Å². The van der Waals surface area contributed by atoms with E-state index in [0.29, 0.717) is 11.8 Å². The molecule has 0 radical (unpaired) electrons. The van der Waals surface area contributed by atoms with E-state index in [1.165, 1.54) is 12.8 Å². The number of nitrogens with one attached hydrogen (secondary N) is 1. The van der Waals surface area contributed by atoms with Gasteiger partial charge in [-0.2, -0.15) is 0 Å². The van der Waals surface area contributed by atoms with Gasteiger partial charge in [0.2, 0.25) is 0 Å². The monoisotopic (exact) mass is 257 g/mol. The van der Waals surface area contributed by atoms with Crippen molar-refractivity contribution in [1.29, 1.82) is 0 Å². The fraction of sp³-hybridized carbons (Fsp3) is 0.400. The summed E-state index contributed by atoms with van der Waals surface area (Å²) in [5.41, 5.74) is 0. The van der Waals surface area contributed by atoms with Crippen LogP contribution in [0.4, 0.5) is 5.82 Å². The first-order valence-electron chi connectivity index (χ1n) is 6.78. The molecule has 1 aromatic heterocycles. The number of rotatable bonds is 3. The molecule has 19 heavy (non-hydrogen) atoms. The summed E-state index contributed by atoms with van der Waals surface area (Å²) in [6.45, 7) is 2.00. The Bertz CT molecular complexity index is 585. The van der Waals surface area contributed by atoms with Crippen molar-refractivity contribution in [3.63, 3.8) is 0 Å². The first kappa shape index (κ1) is 12.2. The van der Waals surface area contributed by atoms with Crippen LogP contribution in [-0.2, 0) is 0 Å².